The number of ether oxygens (including phenoxy) is 1. The van der Waals surface area contributed by atoms with E-state index in [0.29, 0.717) is 18.7 Å². The zero-order chi connectivity index (χ0) is 22.8. The molecule has 8 rings (SSSR count). The molecule has 5 N–H and O–H groups in total. The number of likely N-dealkylation sites (tertiary alicyclic amines) is 1. The Balaban J connectivity index is 1.38. The van der Waals surface area contributed by atoms with Crippen molar-refractivity contribution in [2.24, 2.45) is 11.7 Å². The van der Waals surface area contributed by atoms with Crippen LogP contribution in [0.4, 0.5) is 0 Å². The van der Waals surface area contributed by atoms with E-state index in [-0.39, 0.29) is 17.9 Å². The summed E-state index contributed by atoms with van der Waals surface area (Å²) >= 11 is 0. The quantitative estimate of drug-likeness (QED) is 0.483. The lowest BCUT2D eigenvalue weighted by Crippen LogP contribution is -2.74. The summed E-state index contributed by atoms with van der Waals surface area (Å²) in [5.41, 5.74) is 11.2. The van der Waals surface area contributed by atoms with Gasteiger partial charge in [0.15, 0.2) is 17.6 Å². The first-order chi connectivity index (χ1) is 16.5. The van der Waals surface area contributed by atoms with Crippen LogP contribution in [0.25, 0.3) is 10.9 Å². The molecule has 2 aromatic carbocycles. The van der Waals surface area contributed by atoms with Gasteiger partial charge in [0.05, 0.1) is 16.7 Å². The molecule has 3 heterocycles. The van der Waals surface area contributed by atoms with Crippen molar-refractivity contribution >= 4 is 10.9 Å². The molecular formula is C28H31N3O3. The van der Waals surface area contributed by atoms with Crippen LogP contribution in [0.3, 0.4) is 0 Å². The highest BCUT2D eigenvalue weighted by Gasteiger charge is 2.72. The van der Waals surface area contributed by atoms with Gasteiger partial charge in [-0.3, -0.25) is 4.90 Å². The van der Waals surface area contributed by atoms with Crippen LogP contribution in [0.15, 0.2) is 30.3 Å². The zero-order valence-corrected chi connectivity index (χ0v) is 19.3. The number of aromatic nitrogens is 1. The Labute approximate surface area is 198 Å². The number of piperidine rings is 1. The number of aliphatic hydroxyl groups is 1. The molecule has 1 spiro atoms. The van der Waals surface area contributed by atoms with Crippen LogP contribution in [-0.2, 0) is 24.7 Å². The molecule has 2 bridgehead atoms. The van der Waals surface area contributed by atoms with Gasteiger partial charge in [-0.25, -0.2) is 0 Å². The molecule has 5 aliphatic rings. The first kappa shape index (κ1) is 19.7. The van der Waals surface area contributed by atoms with E-state index >= 15 is 0 Å². The number of H-pyrrole nitrogens is 1. The minimum Gasteiger partial charge on any atom is -0.504 e. The van der Waals surface area contributed by atoms with Crippen LogP contribution in [0.1, 0.15) is 53.3 Å². The molecule has 6 nitrogen and oxygen atoms in total. The second-order valence-corrected chi connectivity index (χ2v) is 11.4. The van der Waals surface area contributed by atoms with Gasteiger partial charge in [-0.15, -0.1) is 0 Å². The number of nitrogens with one attached hydrogen (secondary N) is 1. The third-order valence-electron chi connectivity index (χ3n) is 9.66. The highest BCUT2D eigenvalue weighted by atomic mass is 16.5. The standard InChI is InChI=1S/C28H31N3O3/c29-9-7-15-3-5-20-18(11-15)19-13-28(33)22-12-17-4-6-21(32)25-23(17)27(28,26(34-25)24(19)30-20)8-10-31(22)14-16-1-2-16/h3-6,11,16,22,26,30,32-33H,1-2,7-10,12-14,29H2/t22-,26+,27+,28-/m1/s1. The highest BCUT2D eigenvalue weighted by molar-refractivity contribution is 5.87. The normalized spacial score (nSPS) is 33.0. The SMILES string of the molecule is NCCc1ccc2[nH]c3c(c2c1)C[C@@]1(O)[C@H]2Cc4ccc(O)c5c4[C@@]1(CCN2CC1CC1)[C@H]3O5. The lowest BCUT2D eigenvalue weighted by Gasteiger charge is -2.62. The van der Waals surface area contributed by atoms with Crippen molar-refractivity contribution < 1.29 is 14.9 Å². The van der Waals surface area contributed by atoms with Crippen molar-refractivity contribution in [3.8, 4) is 11.5 Å². The van der Waals surface area contributed by atoms with Gasteiger partial charge in [-0.2, -0.15) is 0 Å². The molecular weight excluding hydrogens is 426 g/mol. The number of aromatic amines is 1. The van der Waals surface area contributed by atoms with Crippen molar-refractivity contribution in [3.05, 3.63) is 58.3 Å². The van der Waals surface area contributed by atoms with Gasteiger partial charge < -0.3 is 25.7 Å². The molecule has 2 fully saturated rings. The van der Waals surface area contributed by atoms with Crippen molar-refractivity contribution in [1.82, 2.24) is 9.88 Å². The van der Waals surface area contributed by atoms with Crippen molar-refractivity contribution in [2.45, 2.75) is 61.7 Å². The minimum absolute atomic E-state index is 0.0567. The Bertz CT molecular complexity index is 1360. The third kappa shape index (κ3) is 2.23. The maximum absolute atomic E-state index is 12.9. The van der Waals surface area contributed by atoms with Gasteiger partial charge in [0.25, 0.3) is 0 Å². The number of phenols is 1. The van der Waals surface area contributed by atoms with Crippen molar-refractivity contribution in [1.29, 1.82) is 0 Å². The molecule has 0 radical (unpaired) electrons. The molecule has 176 valence electrons. The van der Waals surface area contributed by atoms with Crippen LogP contribution in [0.5, 0.6) is 11.5 Å². The lowest BCUT2D eigenvalue weighted by atomic mass is 9.49. The molecule has 6 heteroatoms. The summed E-state index contributed by atoms with van der Waals surface area (Å²) in [6.07, 6.45) is 5.39. The average Bonchev–Trinajstić information content (AvgIpc) is 3.46. The van der Waals surface area contributed by atoms with E-state index in [2.05, 4.69) is 34.1 Å². The number of rotatable bonds is 4. The number of fused-ring (bicyclic) bond motifs is 4. The molecule has 3 aromatic rings. The first-order valence-electron chi connectivity index (χ1n) is 12.9. The van der Waals surface area contributed by atoms with Gasteiger partial charge in [0.1, 0.15) is 0 Å². The Morgan fingerprint density at radius 1 is 1.21 bits per heavy atom. The smallest absolute Gasteiger partial charge is 0.166 e. The summed E-state index contributed by atoms with van der Waals surface area (Å²) in [5, 5.41) is 24.9. The maximum atomic E-state index is 12.9. The van der Waals surface area contributed by atoms with Crippen LogP contribution in [-0.4, -0.2) is 51.4 Å². The van der Waals surface area contributed by atoms with Crippen molar-refractivity contribution in [3.63, 3.8) is 0 Å². The topological polar surface area (TPSA) is 94.7 Å². The molecule has 0 unspecified atom stereocenters. The minimum atomic E-state index is -0.942. The van der Waals surface area contributed by atoms with E-state index in [1.807, 2.05) is 0 Å². The van der Waals surface area contributed by atoms with Gasteiger partial charge in [0, 0.05) is 35.5 Å². The van der Waals surface area contributed by atoms with E-state index in [4.69, 9.17) is 10.5 Å². The number of hydrogen-bond acceptors (Lipinski definition) is 5. The number of benzene rings is 2. The summed E-state index contributed by atoms with van der Waals surface area (Å²) in [6, 6.07) is 10.4. The predicted molar refractivity (Wildman–Crippen MR) is 129 cm³/mol. The summed E-state index contributed by atoms with van der Waals surface area (Å²) in [5.74, 6) is 1.55. The molecule has 1 saturated carbocycles. The Hall–Kier alpha value is -2.54. The molecule has 34 heavy (non-hydrogen) atoms. The number of hydrogen-bond donors (Lipinski definition) is 4. The fraction of sp³-hybridized carbons (Fsp3) is 0.500. The largest absolute Gasteiger partial charge is 0.504 e. The Morgan fingerprint density at radius 3 is 2.91 bits per heavy atom. The van der Waals surface area contributed by atoms with Crippen LogP contribution in [0, 0.1) is 5.92 Å². The molecule has 1 aromatic heterocycles. The maximum Gasteiger partial charge on any atom is 0.166 e. The Kier molecular flexibility index (Phi) is 3.69. The second-order valence-electron chi connectivity index (χ2n) is 11.4. The van der Waals surface area contributed by atoms with E-state index in [1.54, 1.807) is 6.07 Å². The van der Waals surface area contributed by atoms with E-state index in [9.17, 15) is 10.2 Å². The van der Waals surface area contributed by atoms with E-state index < -0.39 is 11.0 Å². The second kappa shape index (κ2) is 6.36. The highest BCUT2D eigenvalue weighted by Crippen LogP contribution is 2.69. The summed E-state index contributed by atoms with van der Waals surface area (Å²) in [6.45, 7) is 2.66. The van der Waals surface area contributed by atoms with Crippen LogP contribution in [0.2, 0.25) is 0 Å². The molecule has 1 saturated heterocycles. The third-order valence-corrected chi connectivity index (χ3v) is 9.66. The predicted octanol–water partition coefficient (Wildman–Crippen LogP) is 3.07. The van der Waals surface area contributed by atoms with E-state index in [1.165, 1.54) is 34.9 Å². The number of phenolic OH excluding ortho intramolecular Hbond substituents is 1. The number of aromatic hydroxyl groups is 1. The molecule has 3 aliphatic carbocycles. The van der Waals surface area contributed by atoms with Crippen molar-refractivity contribution in [2.75, 3.05) is 19.6 Å². The van der Waals surface area contributed by atoms with Crippen LogP contribution < -0.4 is 10.5 Å². The van der Waals surface area contributed by atoms with Gasteiger partial charge in [-0.1, -0.05) is 12.1 Å². The fourth-order valence-corrected chi connectivity index (χ4v) is 7.99. The number of nitrogens with two attached hydrogens (primary N) is 1. The number of nitrogens with zero attached hydrogens (tertiary/aromatic N) is 1. The summed E-state index contributed by atoms with van der Waals surface area (Å²) in [4.78, 5) is 6.26. The van der Waals surface area contributed by atoms with Gasteiger partial charge >= 0.3 is 0 Å². The molecule has 2 aliphatic heterocycles. The fourth-order valence-electron chi connectivity index (χ4n) is 7.99. The lowest BCUT2D eigenvalue weighted by molar-refractivity contribution is -0.173. The average molecular weight is 458 g/mol. The van der Waals surface area contributed by atoms with Crippen LogP contribution >= 0.6 is 0 Å². The summed E-state index contributed by atoms with van der Waals surface area (Å²) < 4.78 is 6.66. The van der Waals surface area contributed by atoms with Gasteiger partial charge in [0.2, 0.25) is 0 Å². The monoisotopic (exact) mass is 457 g/mol. The van der Waals surface area contributed by atoms with E-state index in [0.717, 1.165) is 55.0 Å². The molecule has 0 amide bonds. The summed E-state index contributed by atoms with van der Waals surface area (Å²) in [7, 11) is 0. The first-order valence-corrected chi connectivity index (χ1v) is 12.9. The zero-order valence-electron chi connectivity index (χ0n) is 19.3. The van der Waals surface area contributed by atoms with Gasteiger partial charge in [-0.05, 0) is 86.0 Å². The molecule has 4 atom stereocenters. The Morgan fingerprint density at radius 2 is 2.09 bits per heavy atom.